The van der Waals surface area contributed by atoms with Gasteiger partial charge in [0.1, 0.15) is 0 Å². The molecule has 90 valence electrons. The molecule has 0 saturated heterocycles. The topological polar surface area (TPSA) is 29.1 Å². The van der Waals surface area contributed by atoms with Gasteiger partial charge in [-0.2, -0.15) is 0 Å². The molecule has 1 rings (SSSR count). The predicted molar refractivity (Wildman–Crippen MR) is 68.1 cm³/mol. The lowest BCUT2D eigenvalue weighted by Crippen LogP contribution is -2.32. The van der Waals surface area contributed by atoms with Gasteiger partial charge in [0.05, 0.1) is 6.04 Å². The third-order valence-electron chi connectivity index (χ3n) is 3.93. The molecule has 0 spiro atoms. The van der Waals surface area contributed by atoms with E-state index in [9.17, 15) is 4.79 Å². The first-order chi connectivity index (χ1) is 7.54. The number of hydrogen-bond donors (Lipinski definition) is 1. The monoisotopic (exact) mass is 221 g/mol. The lowest BCUT2D eigenvalue weighted by atomic mass is 9.89. The molecule has 1 amide bonds. The average molecular weight is 221 g/mol. The summed E-state index contributed by atoms with van der Waals surface area (Å²) in [5.74, 6) is 0.476. The van der Waals surface area contributed by atoms with E-state index in [2.05, 4.69) is 39.9 Å². The van der Waals surface area contributed by atoms with Gasteiger partial charge in [0.25, 0.3) is 0 Å². The molecule has 0 aliphatic heterocycles. The van der Waals surface area contributed by atoms with Gasteiger partial charge in [-0.3, -0.25) is 4.79 Å². The Balaban J connectivity index is 2.99. The number of rotatable bonds is 5. The fourth-order valence-electron chi connectivity index (χ4n) is 2.66. The summed E-state index contributed by atoms with van der Waals surface area (Å²) >= 11 is 0. The van der Waals surface area contributed by atoms with Crippen LogP contribution >= 0.6 is 0 Å². The van der Waals surface area contributed by atoms with E-state index in [1.807, 2.05) is 0 Å². The van der Waals surface area contributed by atoms with Crippen LogP contribution < -0.4 is 5.32 Å². The lowest BCUT2D eigenvalue weighted by molar-refractivity contribution is -0.110. The van der Waals surface area contributed by atoms with Crippen molar-refractivity contribution in [3.8, 4) is 0 Å². The molecule has 16 heavy (non-hydrogen) atoms. The zero-order valence-electron chi connectivity index (χ0n) is 11.1. The normalized spacial score (nSPS) is 22.7. The molecule has 0 heterocycles. The molecule has 2 nitrogen and oxygen atoms in total. The molecule has 2 atom stereocenters. The van der Waals surface area contributed by atoms with Gasteiger partial charge in [-0.15, -0.1) is 0 Å². The van der Waals surface area contributed by atoms with Gasteiger partial charge in [-0.05, 0) is 43.9 Å². The minimum atomic E-state index is 0.213. The van der Waals surface area contributed by atoms with E-state index in [0.29, 0.717) is 5.92 Å². The molecular weight excluding hydrogens is 198 g/mol. The minimum absolute atomic E-state index is 0.213. The smallest absolute Gasteiger partial charge is 0.207 e. The van der Waals surface area contributed by atoms with Crippen LogP contribution in [0.5, 0.6) is 0 Å². The lowest BCUT2D eigenvalue weighted by Gasteiger charge is -2.23. The Kier molecular flexibility index (Phi) is 4.34. The van der Waals surface area contributed by atoms with Crippen molar-refractivity contribution < 1.29 is 4.79 Å². The molecule has 1 N–H and O–H groups in total. The molecule has 0 aromatic rings. The van der Waals surface area contributed by atoms with Crippen LogP contribution in [-0.2, 0) is 4.79 Å². The largest absolute Gasteiger partial charge is 0.352 e. The van der Waals surface area contributed by atoms with Crippen molar-refractivity contribution in [1.29, 1.82) is 0 Å². The van der Waals surface area contributed by atoms with Gasteiger partial charge >= 0.3 is 0 Å². The Morgan fingerprint density at radius 2 is 1.94 bits per heavy atom. The van der Waals surface area contributed by atoms with Crippen LogP contribution in [0.15, 0.2) is 22.3 Å². The number of nitrogens with one attached hydrogen (secondary N) is 1. The maximum absolute atomic E-state index is 10.7. The standard InChI is InChI=1S/C14H23NO/c1-6-7-13(15-8-16)14-11(4)9(2)10(3)12(14)5/h8,11,13H,6-7H2,1-5H3,(H,15,16). The Bertz CT molecular complexity index is 339. The molecule has 1 aliphatic carbocycles. The number of amides is 1. The highest BCUT2D eigenvalue weighted by Gasteiger charge is 2.28. The zero-order valence-corrected chi connectivity index (χ0v) is 11.1. The van der Waals surface area contributed by atoms with Gasteiger partial charge in [0.15, 0.2) is 0 Å². The third-order valence-corrected chi connectivity index (χ3v) is 3.93. The Morgan fingerprint density at radius 1 is 1.31 bits per heavy atom. The minimum Gasteiger partial charge on any atom is -0.352 e. The summed E-state index contributed by atoms with van der Waals surface area (Å²) in [6, 6.07) is 0.213. The SMILES string of the molecule is CCCC(NC=O)C1=C(C)C(C)=C(C)C1C. The van der Waals surface area contributed by atoms with E-state index in [-0.39, 0.29) is 6.04 Å². The zero-order chi connectivity index (χ0) is 12.3. The molecule has 1 aliphatic rings. The molecule has 0 fully saturated rings. The average Bonchev–Trinajstić information content (AvgIpc) is 2.44. The van der Waals surface area contributed by atoms with E-state index < -0.39 is 0 Å². The van der Waals surface area contributed by atoms with E-state index in [1.54, 1.807) is 0 Å². The molecular formula is C14H23NO. The molecule has 2 heteroatoms. The first-order valence-corrected chi connectivity index (χ1v) is 6.12. The van der Waals surface area contributed by atoms with Gasteiger partial charge in [-0.25, -0.2) is 0 Å². The molecule has 0 radical (unpaired) electrons. The van der Waals surface area contributed by atoms with Crippen LogP contribution in [0.3, 0.4) is 0 Å². The maximum atomic E-state index is 10.7. The predicted octanol–water partition coefficient (Wildman–Crippen LogP) is 3.20. The molecule has 0 saturated carbocycles. The van der Waals surface area contributed by atoms with Crippen LogP contribution in [-0.4, -0.2) is 12.5 Å². The number of hydrogen-bond acceptors (Lipinski definition) is 1. The van der Waals surface area contributed by atoms with Crippen molar-refractivity contribution in [2.45, 2.75) is 53.5 Å². The summed E-state index contributed by atoms with van der Waals surface area (Å²) in [4.78, 5) is 10.7. The first kappa shape index (κ1) is 13.0. The third kappa shape index (κ3) is 2.21. The second-order valence-electron chi connectivity index (χ2n) is 4.74. The van der Waals surface area contributed by atoms with E-state index >= 15 is 0 Å². The van der Waals surface area contributed by atoms with Crippen LogP contribution in [0.1, 0.15) is 47.5 Å². The quantitative estimate of drug-likeness (QED) is 0.710. The van der Waals surface area contributed by atoms with Crippen molar-refractivity contribution in [2.24, 2.45) is 5.92 Å². The van der Waals surface area contributed by atoms with E-state index in [4.69, 9.17) is 0 Å². The fraction of sp³-hybridized carbons (Fsp3) is 0.643. The highest BCUT2D eigenvalue weighted by atomic mass is 16.1. The summed E-state index contributed by atoms with van der Waals surface area (Å²) in [6.07, 6.45) is 2.94. The Morgan fingerprint density at radius 3 is 2.31 bits per heavy atom. The van der Waals surface area contributed by atoms with Crippen LogP contribution in [0.2, 0.25) is 0 Å². The molecule has 0 aromatic heterocycles. The molecule has 0 aromatic carbocycles. The highest BCUT2D eigenvalue weighted by Crippen LogP contribution is 2.38. The summed E-state index contributed by atoms with van der Waals surface area (Å²) in [6.45, 7) is 10.9. The summed E-state index contributed by atoms with van der Waals surface area (Å²) in [5.41, 5.74) is 5.62. The van der Waals surface area contributed by atoms with Gasteiger partial charge in [-0.1, -0.05) is 25.8 Å². The van der Waals surface area contributed by atoms with Crippen molar-refractivity contribution in [2.75, 3.05) is 0 Å². The van der Waals surface area contributed by atoms with E-state index in [1.165, 1.54) is 22.3 Å². The van der Waals surface area contributed by atoms with Crippen molar-refractivity contribution in [3.05, 3.63) is 22.3 Å². The van der Waals surface area contributed by atoms with Gasteiger partial charge < -0.3 is 5.32 Å². The first-order valence-electron chi connectivity index (χ1n) is 6.12. The van der Waals surface area contributed by atoms with E-state index in [0.717, 1.165) is 19.3 Å². The second kappa shape index (κ2) is 5.33. The molecule has 2 unspecified atom stereocenters. The van der Waals surface area contributed by atoms with Crippen molar-refractivity contribution >= 4 is 6.41 Å². The number of carbonyl (C=O) groups excluding carboxylic acids is 1. The maximum Gasteiger partial charge on any atom is 0.207 e. The van der Waals surface area contributed by atoms with Crippen LogP contribution in [0.25, 0.3) is 0 Å². The fourth-order valence-corrected chi connectivity index (χ4v) is 2.66. The van der Waals surface area contributed by atoms with Crippen LogP contribution in [0.4, 0.5) is 0 Å². The summed E-state index contributed by atoms with van der Waals surface area (Å²) in [5, 5.41) is 2.96. The van der Waals surface area contributed by atoms with Crippen molar-refractivity contribution in [1.82, 2.24) is 5.32 Å². The van der Waals surface area contributed by atoms with Crippen LogP contribution in [0, 0.1) is 5.92 Å². The molecule has 0 bridgehead atoms. The number of allylic oxidation sites excluding steroid dienone is 3. The summed E-state index contributed by atoms with van der Waals surface area (Å²) in [7, 11) is 0. The second-order valence-corrected chi connectivity index (χ2v) is 4.74. The highest BCUT2D eigenvalue weighted by molar-refractivity contribution is 5.53. The van der Waals surface area contributed by atoms with Gasteiger partial charge in [0, 0.05) is 5.92 Å². The van der Waals surface area contributed by atoms with Gasteiger partial charge in [0.2, 0.25) is 6.41 Å². The Hall–Kier alpha value is -1.05. The number of carbonyl (C=O) groups is 1. The Labute approximate surface area is 98.8 Å². The summed E-state index contributed by atoms with van der Waals surface area (Å²) < 4.78 is 0. The van der Waals surface area contributed by atoms with Crippen molar-refractivity contribution in [3.63, 3.8) is 0 Å².